The number of rotatable bonds is 8. The number of methoxy groups -OCH3 is 1. The van der Waals surface area contributed by atoms with Crippen LogP contribution in [-0.2, 0) is 14.3 Å². The monoisotopic (exact) mass is 459 g/mol. The fourth-order valence-corrected chi connectivity index (χ4v) is 4.93. The molecule has 2 aliphatic heterocycles. The molecule has 2 fully saturated rings. The average molecular weight is 460 g/mol. The second kappa shape index (κ2) is 10.9. The van der Waals surface area contributed by atoms with E-state index < -0.39 is 6.04 Å². The average Bonchev–Trinajstić information content (AvgIpc) is 3.54. The molecule has 3 aliphatic rings. The van der Waals surface area contributed by atoms with Crippen molar-refractivity contribution in [2.45, 2.75) is 44.6 Å². The molecule has 0 unspecified atom stereocenters. The minimum atomic E-state index is -0.691. The van der Waals surface area contributed by atoms with Crippen molar-refractivity contribution in [2.75, 3.05) is 40.1 Å². The smallest absolute Gasteiger partial charge is 0.252 e. The Bertz CT molecular complexity index is 862. The summed E-state index contributed by atoms with van der Waals surface area (Å²) < 4.78 is 15.7. The van der Waals surface area contributed by atoms with Crippen LogP contribution in [0.1, 0.15) is 48.9 Å². The Morgan fingerprint density at radius 1 is 1.09 bits per heavy atom. The molecule has 1 atom stereocenters. The minimum absolute atomic E-state index is 0.0573. The lowest BCUT2D eigenvalue weighted by atomic mass is 9.87. The molecule has 4 rings (SSSR count). The van der Waals surface area contributed by atoms with Gasteiger partial charge >= 0.3 is 0 Å². The molecule has 1 aromatic carbocycles. The lowest BCUT2D eigenvalue weighted by Gasteiger charge is -2.36. The normalized spacial score (nSPS) is 19.4. The summed E-state index contributed by atoms with van der Waals surface area (Å²) in [6, 6.07) is 4.29. The number of hydrogen-bond donors (Lipinski definition) is 2. The van der Waals surface area contributed by atoms with E-state index in [1.807, 2.05) is 4.90 Å². The molecule has 0 bridgehead atoms. The lowest BCUT2D eigenvalue weighted by Crippen LogP contribution is -2.54. The van der Waals surface area contributed by atoms with Gasteiger partial charge in [0.05, 0.1) is 6.61 Å². The van der Waals surface area contributed by atoms with Crippen LogP contribution in [0.15, 0.2) is 18.2 Å². The molecule has 0 spiro atoms. The Kier molecular flexibility index (Phi) is 7.69. The third kappa shape index (κ3) is 5.58. The molecule has 1 saturated carbocycles. The first-order valence-electron chi connectivity index (χ1n) is 11.8. The van der Waals surface area contributed by atoms with E-state index in [0.717, 1.165) is 25.7 Å². The number of fused-ring (bicyclic) bond motifs is 1. The molecule has 33 heavy (non-hydrogen) atoms. The molecule has 9 nitrogen and oxygen atoms in total. The third-order valence-electron chi connectivity index (χ3n) is 6.84. The topological polar surface area (TPSA) is 106 Å². The highest BCUT2D eigenvalue weighted by atomic mass is 16.7. The quantitative estimate of drug-likeness (QED) is 0.574. The number of carbonyl (C=O) groups is 3. The highest BCUT2D eigenvalue weighted by Crippen LogP contribution is 2.33. The third-order valence-corrected chi connectivity index (χ3v) is 6.84. The van der Waals surface area contributed by atoms with Crippen molar-refractivity contribution in [3.8, 4) is 11.5 Å². The first-order valence-corrected chi connectivity index (χ1v) is 11.8. The van der Waals surface area contributed by atoms with Crippen molar-refractivity contribution in [1.29, 1.82) is 0 Å². The van der Waals surface area contributed by atoms with Crippen molar-refractivity contribution < 1.29 is 28.6 Å². The Balaban J connectivity index is 1.40. The Labute approximate surface area is 194 Å². The molecule has 2 N–H and O–H groups in total. The number of carbonyl (C=O) groups excluding carboxylic acids is 3. The van der Waals surface area contributed by atoms with Crippen LogP contribution >= 0.6 is 0 Å². The van der Waals surface area contributed by atoms with Crippen LogP contribution < -0.4 is 20.1 Å². The first kappa shape index (κ1) is 23.4. The fraction of sp³-hybridized carbons (Fsp3) is 0.625. The van der Waals surface area contributed by atoms with Crippen LogP contribution in [0.3, 0.4) is 0 Å². The molecule has 1 aliphatic carbocycles. The zero-order valence-corrected chi connectivity index (χ0v) is 19.1. The van der Waals surface area contributed by atoms with Crippen molar-refractivity contribution in [1.82, 2.24) is 15.5 Å². The van der Waals surface area contributed by atoms with Crippen LogP contribution in [0, 0.1) is 11.8 Å². The molecule has 180 valence electrons. The number of amides is 3. The molecule has 2 heterocycles. The SMILES string of the molecule is COCCNC(=O)[C@@H](NC(=O)c1ccc2c(c1)OCO2)C1CCN(C(=O)C2CCCC2)CC1. The molecular weight excluding hydrogens is 426 g/mol. The summed E-state index contributed by atoms with van der Waals surface area (Å²) in [5.74, 6) is 0.878. The van der Waals surface area contributed by atoms with Crippen LogP contribution in [0.4, 0.5) is 0 Å². The van der Waals surface area contributed by atoms with Gasteiger partial charge in [0.1, 0.15) is 6.04 Å². The summed E-state index contributed by atoms with van der Waals surface area (Å²) >= 11 is 0. The summed E-state index contributed by atoms with van der Waals surface area (Å²) in [6.45, 7) is 2.11. The number of nitrogens with one attached hydrogen (secondary N) is 2. The summed E-state index contributed by atoms with van der Waals surface area (Å²) in [6.07, 6.45) is 5.55. The molecule has 1 aromatic rings. The zero-order valence-electron chi connectivity index (χ0n) is 19.1. The Hall–Kier alpha value is -2.81. The zero-order chi connectivity index (χ0) is 23.2. The van der Waals surface area contributed by atoms with Gasteiger partial charge in [0, 0.05) is 38.2 Å². The van der Waals surface area contributed by atoms with Gasteiger partial charge in [-0.2, -0.15) is 0 Å². The molecule has 0 radical (unpaired) electrons. The van der Waals surface area contributed by atoms with Crippen LogP contribution in [-0.4, -0.2) is 68.8 Å². The van der Waals surface area contributed by atoms with Gasteiger partial charge in [-0.1, -0.05) is 12.8 Å². The van der Waals surface area contributed by atoms with Gasteiger partial charge in [0.2, 0.25) is 18.6 Å². The molecule has 0 aromatic heterocycles. The van der Waals surface area contributed by atoms with Crippen LogP contribution in [0.25, 0.3) is 0 Å². The standard InChI is InChI=1S/C24H33N3O6/c1-31-13-10-25-23(29)21(26-22(28)18-6-7-19-20(14-18)33-15-32-19)16-8-11-27(12-9-16)24(30)17-4-2-3-5-17/h6-7,14,16-17,21H,2-5,8-13,15H2,1H3,(H,25,29)(H,26,28)/t21-/m0/s1. The summed E-state index contributed by atoms with van der Waals surface area (Å²) in [5.41, 5.74) is 0.405. The van der Waals surface area contributed by atoms with Gasteiger partial charge in [-0.05, 0) is 49.8 Å². The van der Waals surface area contributed by atoms with Gasteiger partial charge in [0.15, 0.2) is 11.5 Å². The van der Waals surface area contributed by atoms with Crippen LogP contribution in [0.5, 0.6) is 11.5 Å². The van der Waals surface area contributed by atoms with E-state index in [9.17, 15) is 14.4 Å². The summed E-state index contributed by atoms with van der Waals surface area (Å²) in [7, 11) is 1.57. The van der Waals surface area contributed by atoms with E-state index in [2.05, 4.69) is 10.6 Å². The number of piperidine rings is 1. The van der Waals surface area contributed by atoms with Gasteiger partial charge in [0.25, 0.3) is 5.91 Å². The molecule has 9 heteroatoms. The minimum Gasteiger partial charge on any atom is -0.454 e. The van der Waals surface area contributed by atoms with Gasteiger partial charge in [-0.15, -0.1) is 0 Å². The van der Waals surface area contributed by atoms with E-state index in [0.29, 0.717) is 56.1 Å². The number of nitrogens with zero attached hydrogens (tertiary/aromatic N) is 1. The number of ether oxygens (including phenoxy) is 3. The highest BCUT2D eigenvalue weighted by Gasteiger charge is 2.36. The predicted octanol–water partition coefficient (Wildman–Crippen LogP) is 1.71. The second-order valence-corrected chi connectivity index (χ2v) is 8.95. The van der Waals surface area contributed by atoms with E-state index in [4.69, 9.17) is 14.2 Å². The number of hydrogen-bond acceptors (Lipinski definition) is 6. The summed E-state index contributed by atoms with van der Waals surface area (Å²) in [4.78, 5) is 40.7. The molecular formula is C24H33N3O6. The van der Waals surface area contributed by atoms with Crippen molar-refractivity contribution in [3.05, 3.63) is 23.8 Å². The Morgan fingerprint density at radius 3 is 2.55 bits per heavy atom. The predicted molar refractivity (Wildman–Crippen MR) is 120 cm³/mol. The fourth-order valence-electron chi connectivity index (χ4n) is 4.93. The lowest BCUT2D eigenvalue weighted by molar-refractivity contribution is -0.137. The largest absolute Gasteiger partial charge is 0.454 e. The van der Waals surface area contributed by atoms with E-state index >= 15 is 0 Å². The van der Waals surface area contributed by atoms with E-state index in [1.54, 1.807) is 25.3 Å². The molecule has 1 saturated heterocycles. The molecule has 3 amide bonds. The van der Waals surface area contributed by atoms with Crippen molar-refractivity contribution in [3.63, 3.8) is 0 Å². The van der Waals surface area contributed by atoms with Crippen molar-refractivity contribution in [2.24, 2.45) is 11.8 Å². The van der Waals surface area contributed by atoms with Gasteiger partial charge in [-0.25, -0.2) is 0 Å². The Morgan fingerprint density at radius 2 is 1.82 bits per heavy atom. The number of benzene rings is 1. The number of likely N-dealkylation sites (tertiary alicyclic amines) is 1. The van der Waals surface area contributed by atoms with Gasteiger partial charge < -0.3 is 29.7 Å². The van der Waals surface area contributed by atoms with E-state index in [-0.39, 0.29) is 36.4 Å². The van der Waals surface area contributed by atoms with Crippen molar-refractivity contribution >= 4 is 17.7 Å². The van der Waals surface area contributed by atoms with Crippen LogP contribution in [0.2, 0.25) is 0 Å². The highest BCUT2D eigenvalue weighted by molar-refractivity contribution is 5.98. The van der Waals surface area contributed by atoms with E-state index in [1.165, 1.54) is 0 Å². The maximum Gasteiger partial charge on any atom is 0.252 e. The maximum atomic E-state index is 13.0. The van der Waals surface area contributed by atoms with Gasteiger partial charge in [-0.3, -0.25) is 14.4 Å². The summed E-state index contributed by atoms with van der Waals surface area (Å²) in [5, 5.41) is 5.78. The first-order chi connectivity index (χ1) is 16.1. The second-order valence-electron chi connectivity index (χ2n) is 8.95. The maximum absolute atomic E-state index is 13.0.